The molecule has 1 unspecified atom stereocenters. The Balaban J connectivity index is 1.66. The molecule has 2 heterocycles. The van der Waals surface area contributed by atoms with Crippen LogP contribution in [0.5, 0.6) is 0 Å². The first kappa shape index (κ1) is 17.0. The summed E-state index contributed by atoms with van der Waals surface area (Å²) < 4.78 is 10.4. The van der Waals surface area contributed by atoms with Gasteiger partial charge in [-0.1, -0.05) is 5.16 Å². The van der Waals surface area contributed by atoms with Crippen LogP contribution < -0.4 is 10.6 Å². The Labute approximate surface area is 134 Å². The minimum atomic E-state index is -1.26. The van der Waals surface area contributed by atoms with Crippen molar-refractivity contribution in [2.24, 2.45) is 0 Å². The largest absolute Gasteiger partial charge is 0.463 e. The lowest BCUT2D eigenvalue weighted by Crippen LogP contribution is -2.43. The van der Waals surface area contributed by atoms with Crippen molar-refractivity contribution in [3.63, 3.8) is 0 Å². The second-order valence-electron chi connectivity index (χ2n) is 5.63. The molecule has 2 amide bonds. The van der Waals surface area contributed by atoms with Gasteiger partial charge in [0, 0.05) is 13.0 Å². The molecule has 3 N–H and O–H groups in total. The topological polar surface area (TPSA) is 113 Å². The minimum Gasteiger partial charge on any atom is -0.463 e. The molecule has 0 saturated carbocycles. The van der Waals surface area contributed by atoms with Gasteiger partial charge in [-0.25, -0.2) is 4.79 Å². The Morgan fingerprint density at radius 3 is 2.74 bits per heavy atom. The normalized spacial score (nSPS) is 13.6. The van der Waals surface area contributed by atoms with E-state index in [1.165, 1.54) is 0 Å². The first-order valence-electron chi connectivity index (χ1n) is 7.47. The number of aryl methyl sites for hydroxylation is 3. The molecule has 0 aromatic carbocycles. The number of aliphatic hydroxyl groups is 1. The van der Waals surface area contributed by atoms with Gasteiger partial charge in [-0.05, 0) is 39.3 Å². The highest BCUT2D eigenvalue weighted by Gasteiger charge is 2.27. The van der Waals surface area contributed by atoms with Gasteiger partial charge in [0.25, 0.3) is 0 Å². The first-order valence-corrected chi connectivity index (χ1v) is 7.47. The van der Waals surface area contributed by atoms with Crippen molar-refractivity contribution in [1.82, 2.24) is 20.8 Å². The summed E-state index contributed by atoms with van der Waals surface area (Å²) in [6.45, 7) is 5.66. The summed E-state index contributed by atoms with van der Waals surface area (Å²) in [4.78, 5) is 15.8. The molecule has 2 aromatic heterocycles. The van der Waals surface area contributed by atoms with E-state index in [1.54, 1.807) is 32.9 Å². The van der Waals surface area contributed by atoms with E-state index in [0.29, 0.717) is 42.6 Å². The Morgan fingerprint density at radius 1 is 1.35 bits per heavy atom. The number of amides is 2. The molecular formula is C15H22N4O4. The van der Waals surface area contributed by atoms with Crippen LogP contribution in [-0.2, 0) is 12.0 Å². The van der Waals surface area contributed by atoms with Gasteiger partial charge in [-0.15, -0.1) is 0 Å². The highest BCUT2D eigenvalue weighted by Crippen LogP contribution is 2.21. The summed E-state index contributed by atoms with van der Waals surface area (Å²) in [5.74, 6) is 2.28. The highest BCUT2D eigenvalue weighted by molar-refractivity contribution is 5.73. The molecule has 8 nitrogen and oxygen atoms in total. The Morgan fingerprint density at radius 2 is 2.13 bits per heavy atom. The van der Waals surface area contributed by atoms with Gasteiger partial charge in [0.05, 0.1) is 6.54 Å². The van der Waals surface area contributed by atoms with E-state index < -0.39 is 5.60 Å². The molecule has 0 spiro atoms. The maximum absolute atomic E-state index is 11.7. The standard InChI is InChI=1S/C15H22N4O4/c1-10-6-7-12(22-10)15(3,21)9-17-14(20)16-8-4-5-13-18-11(2)19-23-13/h6-7,21H,4-5,8-9H2,1-3H3,(H2,16,17,20). The Hall–Kier alpha value is -2.35. The third kappa shape index (κ3) is 5.10. The molecule has 0 saturated heterocycles. The third-order valence-electron chi connectivity index (χ3n) is 3.29. The van der Waals surface area contributed by atoms with Gasteiger partial charge in [-0.2, -0.15) is 4.98 Å². The number of nitrogens with zero attached hydrogens (tertiary/aromatic N) is 2. The number of furan rings is 1. The van der Waals surface area contributed by atoms with Crippen LogP contribution in [-0.4, -0.2) is 34.4 Å². The molecule has 0 bridgehead atoms. The summed E-state index contributed by atoms with van der Waals surface area (Å²) in [6, 6.07) is 3.11. The second kappa shape index (κ2) is 7.28. The first-order chi connectivity index (χ1) is 10.9. The zero-order chi connectivity index (χ0) is 16.9. The van der Waals surface area contributed by atoms with Gasteiger partial charge in [0.2, 0.25) is 5.89 Å². The third-order valence-corrected chi connectivity index (χ3v) is 3.29. The number of nitrogens with one attached hydrogen (secondary N) is 2. The number of carbonyl (C=O) groups is 1. The summed E-state index contributed by atoms with van der Waals surface area (Å²) in [5.41, 5.74) is -1.26. The van der Waals surface area contributed by atoms with Crippen LogP contribution in [0.25, 0.3) is 0 Å². The fourth-order valence-corrected chi connectivity index (χ4v) is 2.01. The van der Waals surface area contributed by atoms with Crippen LogP contribution in [0.3, 0.4) is 0 Å². The van der Waals surface area contributed by atoms with Gasteiger partial charge in [0.1, 0.15) is 17.1 Å². The minimum absolute atomic E-state index is 0.0502. The molecule has 0 aliphatic rings. The van der Waals surface area contributed by atoms with E-state index in [4.69, 9.17) is 8.94 Å². The summed E-state index contributed by atoms with van der Waals surface area (Å²) in [6.07, 6.45) is 1.29. The number of rotatable bonds is 7. The Bertz CT molecular complexity index is 647. The quantitative estimate of drug-likeness (QED) is 0.664. The zero-order valence-electron chi connectivity index (χ0n) is 13.5. The van der Waals surface area contributed by atoms with E-state index in [0.717, 1.165) is 0 Å². The van der Waals surface area contributed by atoms with E-state index in [2.05, 4.69) is 20.8 Å². The van der Waals surface area contributed by atoms with Gasteiger partial charge >= 0.3 is 6.03 Å². The van der Waals surface area contributed by atoms with Crippen molar-refractivity contribution in [3.8, 4) is 0 Å². The smallest absolute Gasteiger partial charge is 0.314 e. The van der Waals surface area contributed by atoms with E-state index in [9.17, 15) is 9.90 Å². The van der Waals surface area contributed by atoms with E-state index in [1.807, 2.05) is 0 Å². The molecule has 2 aromatic rings. The maximum Gasteiger partial charge on any atom is 0.314 e. The average Bonchev–Trinajstić information content (AvgIpc) is 3.10. The maximum atomic E-state index is 11.7. The van der Waals surface area contributed by atoms with Gasteiger partial charge in [0.15, 0.2) is 5.82 Å². The predicted molar refractivity (Wildman–Crippen MR) is 81.8 cm³/mol. The second-order valence-corrected chi connectivity index (χ2v) is 5.63. The van der Waals surface area contributed by atoms with Crippen LogP contribution in [0, 0.1) is 13.8 Å². The molecule has 0 radical (unpaired) electrons. The molecule has 0 fully saturated rings. The molecule has 126 valence electrons. The van der Waals surface area contributed by atoms with Gasteiger partial charge in [-0.3, -0.25) is 0 Å². The van der Waals surface area contributed by atoms with Crippen LogP contribution in [0.2, 0.25) is 0 Å². The summed E-state index contributed by atoms with van der Waals surface area (Å²) in [7, 11) is 0. The number of urea groups is 1. The SMILES string of the molecule is Cc1noc(CCCNC(=O)NCC(C)(O)c2ccc(C)o2)n1. The van der Waals surface area contributed by atoms with Crippen molar-refractivity contribution < 1.29 is 18.8 Å². The number of aromatic nitrogens is 2. The molecule has 0 aliphatic carbocycles. The zero-order valence-corrected chi connectivity index (χ0v) is 13.5. The van der Waals surface area contributed by atoms with Crippen LogP contribution in [0.15, 0.2) is 21.1 Å². The molecule has 0 aliphatic heterocycles. The van der Waals surface area contributed by atoms with Crippen molar-refractivity contribution in [2.75, 3.05) is 13.1 Å². The van der Waals surface area contributed by atoms with E-state index >= 15 is 0 Å². The monoisotopic (exact) mass is 322 g/mol. The van der Waals surface area contributed by atoms with Crippen molar-refractivity contribution in [3.05, 3.63) is 35.4 Å². The lowest BCUT2D eigenvalue weighted by atomic mass is 10.0. The van der Waals surface area contributed by atoms with Crippen molar-refractivity contribution >= 4 is 6.03 Å². The lowest BCUT2D eigenvalue weighted by Gasteiger charge is -2.21. The van der Waals surface area contributed by atoms with Crippen molar-refractivity contribution in [1.29, 1.82) is 0 Å². The van der Waals surface area contributed by atoms with Crippen LogP contribution in [0.1, 0.15) is 36.6 Å². The molecule has 8 heteroatoms. The fraction of sp³-hybridized carbons (Fsp3) is 0.533. The number of hydrogen-bond acceptors (Lipinski definition) is 6. The molecular weight excluding hydrogens is 300 g/mol. The van der Waals surface area contributed by atoms with Gasteiger partial charge < -0.3 is 24.7 Å². The molecule has 2 rings (SSSR count). The predicted octanol–water partition coefficient (Wildman–Crippen LogP) is 1.42. The molecule has 23 heavy (non-hydrogen) atoms. The van der Waals surface area contributed by atoms with Crippen LogP contribution >= 0.6 is 0 Å². The Kier molecular flexibility index (Phi) is 5.38. The summed E-state index contributed by atoms with van der Waals surface area (Å²) >= 11 is 0. The lowest BCUT2D eigenvalue weighted by molar-refractivity contribution is 0.0360. The van der Waals surface area contributed by atoms with Crippen LogP contribution in [0.4, 0.5) is 4.79 Å². The average molecular weight is 322 g/mol. The number of carbonyl (C=O) groups excluding carboxylic acids is 1. The van der Waals surface area contributed by atoms with E-state index in [-0.39, 0.29) is 12.6 Å². The summed E-state index contributed by atoms with van der Waals surface area (Å²) in [5, 5.41) is 19.3. The van der Waals surface area contributed by atoms with Crippen molar-refractivity contribution in [2.45, 2.75) is 39.2 Å². The fourth-order valence-electron chi connectivity index (χ4n) is 2.01. The highest BCUT2D eigenvalue weighted by atomic mass is 16.5. The number of hydrogen-bond donors (Lipinski definition) is 3. The molecule has 1 atom stereocenters.